The van der Waals surface area contributed by atoms with Crippen molar-refractivity contribution in [2.45, 2.75) is 0 Å². The molecule has 0 spiro atoms. The van der Waals surface area contributed by atoms with E-state index < -0.39 is 0 Å². The maximum absolute atomic E-state index is 13.4. The van der Waals surface area contributed by atoms with Crippen molar-refractivity contribution in [1.29, 1.82) is 0 Å². The van der Waals surface area contributed by atoms with Gasteiger partial charge in [-0.05, 0) is 44.8 Å². The Morgan fingerprint density at radius 2 is 1.22 bits per heavy atom. The molecule has 2 saturated carbocycles. The van der Waals surface area contributed by atoms with Crippen LogP contribution < -0.4 is 0 Å². The van der Waals surface area contributed by atoms with E-state index in [0.29, 0.717) is 6.67 Å². The molecule has 0 radical (unpaired) electrons. The number of nitrogens with zero attached hydrogens (tertiary/aromatic N) is 5. The number of carbonyl (C=O) groups excluding carboxylic acids is 4. The smallest absolute Gasteiger partial charge is 0.234 e. The number of rotatable bonds is 4. The van der Waals surface area contributed by atoms with Crippen molar-refractivity contribution in [3.05, 3.63) is 12.2 Å². The second-order valence-electron chi connectivity index (χ2n) is 10.8. The van der Waals surface area contributed by atoms with E-state index >= 15 is 0 Å². The highest BCUT2D eigenvalue weighted by molar-refractivity contribution is 6.09. The lowest BCUT2D eigenvalue weighted by molar-refractivity contribution is -0.166. The second kappa shape index (κ2) is 6.95. The van der Waals surface area contributed by atoms with Crippen LogP contribution in [0.1, 0.15) is 0 Å². The van der Waals surface area contributed by atoms with E-state index in [2.05, 4.69) is 29.0 Å². The molecule has 1 unspecified atom stereocenters. The lowest BCUT2D eigenvalue weighted by Gasteiger charge is -2.60. The molecule has 5 fully saturated rings. The molecule has 0 aromatic carbocycles. The number of carbonyl (C=O) groups is 4. The first kappa shape index (κ1) is 20.5. The fraction of sp³-hybridized carbons (Fsp3) is 0.739. The number of allylic oxidation sites excluding steroid dienone is 2. The average molecular weight is 442 g/mol. The van der Waals surface area contributed by atoms with Crippen LogP contribution in [0.4, 0.5) is 0 Å². The van der Waals surface area contributed by atoms with Crippen LogP contribution in [0.15, 0.2) is 12.2 Å². The molecule has 7 rings (SSSR count). The van der Waals surface area contributed by atoms with Crippen LogP contribution in [0, 0.1) is 47.3 Å². The van der Waals surface area contributed by atoms with Gasteiger partial charge in [0.1, 0.15) is 0 Å². The third kappa shape index (κ3) is 2.55. The fourth-order valence-corrected chi connectivity index (χ4v) is 7.48. The molecule has 3 heterocycles. The van der Waals surface area contributed by atoms with Crippen molar-refractivity contribution in [2.24, 2.45) is 47.3 Å². The summed E-state index contributed by atoms with van der Waals surface area (Å²) in [5.41, 5.74) is 0. The molecule has 3 aliphatic heterocycles. The Morgan fingerprint density at radius 3 is 1.69 bits per heavy atom. The maximum atomic E-state index is 13.4. The van der Waals surface area contributed by atoms with Crippen LogP contribution in [0.3, 0.4) is 0 Å². The summed E-state index contributed by atoms with van der Waals surface area (Å²) in [6, 6.07) is 0. The minimum atomic E-state index is -0.380. The summed E-state index contributed by atoms with van der Waals surface area (Å²) in [6.45, 7) is 4.19. The number of likely N-dealkylation sites (N-methyl/N-ethyl adjacent to an activating group) is 1. The summed E-state index contributed by atoms with van der Waals surface area (Å²) >= 11 is 0. The molecule has 8 atom stereocenters. The van der Waals surface area contributed by atoms with Gasteiger partial charge in [-0.2, -0.15) is 0 Å². The Labute approximate surface area is 187 Å². The molecule has 3 saturated heterocycles. The zero-order chi connectivity index (χ0) is 22.5. The van der Waals surface area contributed by atoms with E-state index in [1.165, 1.54) is 9.80 Å². The number of piperazine rings is 1. The number of amides is 4. The number of fused-ring (bicyclic) bond motifs is 1. The van der Waals surface area contributed by atoms with Crippen LogP contribution in [0.2, 0.25) is 0 Å². The first-order chi connectivity index (χ1) is 15.3. The molecule has 0 aromatic rings. The van der Waals surface area contributed by atoms with E-state index in [9.17, 15) is 19.2 Å². The third-order valence-electron chi connectivity index (χ3n) is 8.89. The molecular weight excluding hydrogens is 410 g/mol. The zero-order valence-electron chi connectivity index (χ0n) is 18.9. The first-order valence-electron chi connectivity index (χ1n) is 11.7. The second-order valence-corrected chi connectivity index (χ2v) is 10.8. The number of likely N-dealkylation sites (tertiary alicyclic amines) is 2. The molecule has 9 nitrogen and oxygen atoms in total. The van der Waals surface area contributed by atoms with Crippen LogP contribution in [-0.4, -0.2) is 109 Å². The summed E-state index contributed by atoms with van der Waals surface area (Å²) in [5.74, 6) is -2.03. The predicted molar refractivity (Wildman–Crippen MR) is 113 cm³/mol. The fourth-order valence-electron chi connectivity index (χ4n) is 7.48. The molecule has 172 valence electrons. The molecule has 4 amide bonds. The van der Waals surface area contributed by atoms with Gasteiger partial charge in [0.2, 0.25) is 23.6 Å². The zero-order valence-corrected chi connectivity index (χ0v) is 18.9. The van der Waals surface area contributed by atoms with E-state index in [1.54, 1.807) is 0 Å². The van der Waals surface area contributed by atoms with Crippen molar-refractivity contribution in [3.8, 4) is 0 Å². The highest BCUT2D eigenvalue weighted by atomic mass is 16.2. The number of imide groups is 2. The summed E-state index contributed by atoms with van der Waals surface area (Å²) in [4.78, 5) is 62.3. The topological polar surface area (TPSA) is 84.5 Å². The molecule has 2 bridgehead atoms. The SMILES string of the molecule is CN(C)CN1C(=O)[C@@H]2[C@@H](C1=O)[C@H]1C=C[C@@H]2C2[C@H]1[C@@H]1C(=O)N(CN3CCN(C)CC3)C(=O)[C@H]21. The maximum Gasteiger partial charge on any atom is 0.234 e. The van der Waals surface area contributed by atoms with Crippen molar-refractivity contribution in [1.82, 2.24) is 24.5 Å². The highest BCUT2D eigenvalue weighted by Crippen LogP contribution is 2.68. The van der Waals surface area contributed by atoms with Gasteiger partial charge in [0.25, 0.3) is 0 Å². The first-order valence-corrected chi connectivity index (χ1v) is 11.7. The quantitative estimate of drug-likeness (QED) is 0.408. The summed E-state index contributed by atoms with van der Waals surface area (Å²) in [6.07, 6.45) is 4.13. The normalized spacial score (nSPS) is 43.2. The van der Waals surface area contributed by atoms with E-state index in [-0.39, 0.29) is 77.6 Å². The Kier molecular flexibility index (Phi) is 4.45. The molecule has 32 heavy (non-hydrogen) atoms. The average Bonchev–Trinajstić information content (AvgIpc) is 3.10. The van der Waals surface area contributed by atoms with Gasteiger partial charge in [-0.1, -0.05) is 12.2 Å². The predicted octanol–water partition coefficient (Wildman–Crippen LogP) is -1.03. The largest absolute Gasteiger partial charge is 0.304 e. The minimum Gasteiger partial charge on any atom is -0.304 e. The van der Waals surface area contributed by atoms with E-state index in [4.69, 9.17) is 0 Å². The van der Waals surface area contributed by atoms with Gasteiger partial charge in [-0.15, -0.1) is 0 Å². The Hall–Kier alpha value is -2.10. The molecule has 0 aromatic heterocycles. The highest BCUT2D eigenvalue weighted by Gasteiger charge is 2.75. The van der Waals surface area contributed by atoms with Gasteiger partial charge in [-0.3, -0.25) is 38.8 Å². The number of hydrogen-bond donors (Lipinski definition) is 0. The lowest BCUT2D eigenvalue weighted by atomic mass is 9.40. The van der Waals surface area contributed by atoms with Gasteiger partial charge in [0.05, 0.1) is 37.0 Å². The summed E-state index contributed by atoms with van der Waals surface area (Å²) < 4.78 is 0. The van der Waals surface area contributed by atoms with Crippen molar-refractivity contribution in [3.63, 3.8) is 0 Å². The molecule has 7 aliphatic rings. The third-order valence-corrected chi connectivity index (χ3v) is 8.89. The summed E-state index contributed by atoms with van der Waals surface area (Å²) in [5, 5.41) is 0. The Balaban J connectivity index is 1.25. The molecule has 4 aliphatic carbocycles. The standard InChI is InChI=1S/C23H31N5O4/c1-24(2)10-27-20(29)16-12-4-5-13(17(16)21(27)30)15-14(12)18-19(15)23(32)28(22(18)31)11-26-8-6-25(3)7-9-26/h4-5,12-19H,6-11H2,1-3H3/t12-,13+,14-,15?,16-,17-,18-,19+/m0/s1. The van der Waals surface area contributed by atoms with Gasteiger partial charge in [-0.25, -0.2) is 0 Å². The van der Waals surface area contributed by atoms with Crippen LogP contribution in [-0.2, 0) is 19.2 Å². The van der Waals surface area contributed by atoms with Crippen LogP contribution in [0.25, 0.3) is 0 Å². The van der Waals surface area contributed by atoms with Crippen LogP contribution in [0.5, 0.6) is 0 Å². The molecular formula is C23H31N5O4. The van der Waals surface area contributed by atoms with Gasteiger partial charge in [0.15, 0.2) is 0 Å². The molecule has 9 heteroatoms. The van der Waals surface area contributed by atoms with Gasteiger partial charge in [0, 0.05) is 26.2 Å². The number of hydrogen-bond acceptors (Lipinski definition) is 7. The van der Waals surface area contributed by atoms with Crippen LogP contribution >= 0.6 is 0 Å². The van der Waals surface area contributed by atoms with Gasteiger partial charge < -0.3 is 4.90 Å². The Morgan fingerprint density at radius 1 is 0.750 bits per heavy atom. The Bertz CT molecular complexity index is 869. The lowest BCUT2D eigenvalue weighted by Crippen LogP contribution is -2.63. The minimum absolute atomic E-state index is 0.00115. The summed E-state index contributed by atoms with van der Waals surface area (Å²) in [7, 11) is 5.77. The van der Waals surface area contributed by atoms with Crippen molar-refractivity contribution < 1.29 is 19.2 Å². The van der Waals surface area contributed by atoms with E-state index in [1.807, 2.05) is 19.0 Å². The van der Waals surface area contributed by atoms with Gasteiger partial charge >= 0.3 is 0 Å². The monoisotopic (exact) mass is 441 g/mol. The molecule has 0 N–H and O–H groups in total. The van der Waals surface area contributed by atoms with E-state index in [0.717, 1.165) is 26.2 Å². The van der Waals surface area contributed by atoms with Crippen molar-refractivity contribution in [2.75, 3.05) is 60.7 Å². The van der Waals surface area contributed by atoms with Crippen molar-refractivity contribution >= 4 is 23.6 Å².